The molecular weight excluding hydrogens is 362 g/mol. The quantitative estimate of drug-likeness (QED) is 0.789. The Bertz CT molecular complexity index is 772. The van der Waals surface area contributed by atoms with Gasteiger partial charge in [0.2, 0.25) is 0 Å². The summed E-state index contributed by atoms with van der Waals surface area (Å²) in [5.41, 5.74) is 6.93. The number of alkyl halides is 3. The fraction of sp³-hybridized carbons (Fsp3) is 0.125. The Morgan fingerprint density at radius 2 is 1.62 bits per heavy atom. The molecule has 24 heavy (non-hydrogen) atoms. The first kappa shape index (κ1) is 20.0. The minimum atomic E-state index is -4.42. The van der Waals surface area contributed by atoms with Gasteiger partial charge in [0.15, 0.2) is 0 Å². The van der Waals surface area contributed by atoms with Crippen LogP contribution in [-0.2, 0) is 6.18 Å². The Morgan fingerprint density at radius 3 is 2.25 bits per heavy atom. The summed E-state index contributed by atoms with van der Waals surface area (Å²) in [6, 6.07) is 12.4. The maximum atomic E-state index is 13.0. The average Bonchev–Trinajstić information content (AvgIpc) is 2.65. The molecule has 0 unspecified atom stereocenters. The SMILES string of the molecule is Cl.Cl.NC1=Nc2ccc(C(F)(F)F)cc2C(c2ccccc2)=NC1. The second kappa shape index (κ2) is 7.68. The van der Waals surface area contributed by atoms with Crippen LogP contribution < -0.4 is 5.73 Å². The van der Waals surface area contributed by atoms with Gasteiger partial charge in [-0.1, -0.05) is 30.3 Å². The molecule has 0 aromatic heterocycles. The highest BCUT2D eigenvalue weighted by Crippen LogP contribution is 2.34. The standard InChI is InChI=1S/C16H12F3N3.2ClH/c17-16(18,19)11-6-7-13-12(8-11)15(21-9-14(20)22-13)10-4-2-1-3-5-10;;/h1-8H,9H2,(H2,20,22);2*1H. The van der Waals surface area contributed by atoms with Crippen LogP contribution in [0.3, 0.4) is 0 Å². The molecule has 1 heterocycles. The van der Waals surface area contributed by atoms with Gasteiger partial charge in [-0.05, 0) is 18.2 Å². The van der Waals surface area contributed by atoms with Crippen LogP contribution in [0.1, 0.15) is 16.7 Å². The third kappa shape index (κ3) is 4.07. The van der Waals surface area contributed by atoms with Gasteiger partial charge in [-0.3, -0.25) is 4.99 Å². The number of nitrogens with two attached hydrogens (primary N) is 1. The Morgan fingerprint density at radius 1 is 0.958 bits per heavy atom. The van der Waals surface area contributed by atoms with Gasteiger partial charge in [0, 0.05) is 11.1 Å². The molecule has 0 saturated carbocycles. The number of aliphatic imine (C=N–C) groups is 2. The van der Waals surface area contributed by atoms with Gasteiger partial charge in [0.1, 0.15) is 5.84 Å². The fourth-order valence-corrected chi connectivity index (χ4v) is 2.28. The summed E-state index contributed by atoms with van der Waals surface area (Å²) >= 11 is 0. The second-order valence-electron chi connectivity index (χ2n) is 4.86. The van der Waals surface area contributed by atoms with Crippen molar-refractivity contribution in [1.29, 1.82) is 0 Å². The Kier molecular flexibility index (Phi) is 6.40. The lowest BCUT2D eigenvalue weighted by molar-refractivity contribution is -0.137. The highest BCUT2D eigenvalue weighted by Gasteiger charge is 2.32. The third-order valence-corrected chi connectivity index (χ3v) is 3.29. The zero-order chi connectivity index (χ0) is 15.7. The highest BCUT2D eigenvalue weighted by molar-refractivity contribution is 6.17. The first-order valence-electron chi connectivity index (χ1n) is 6.59. The maximum absolute atomic E-state index is 13.0. The molecule has 2 aromatic rings. The second-order valence-corrected chi connectivity index (χ2v) is 4.86. The molecule has 1 aliphatic rings. The molecular formula is C16H14Cl2F3N3. The molecule has 0 saturated heterocycles. The molecule has 3 rings (SSSR count). The van der Waals surface area contributed by atoms with E-state index < -0.39 is 11.7 Å². The van der Waals surface area contributed by atoms with Crippen LogP contribution in [0.4, 0.5) is 18.9 Å². The number of fused-ring (bicyclic) bond motifs is 1. The van der Waals surface area contributed by atoms with E-state index in [0.29, 0.717) is 17.0 Å². The van der Waals surface area contributed by atoms with E-state index in [4.69, 9.17) is 5.73 Å². The van der Waals surface area contributed by atoms with E-state index in [9.17, 15) is 13.2 Å². The van der Waals surface area contributed by atoms with Gasteiger partial charge in [-0.25, -0.2) is 4.99 Å². The summed E-state index contributed by atoms with van der Waals surface area (Å²) in [5.74, 6) is 0.270. The predicted octanol–water partition coefficient (Wildman–Crippen LogP) is 4.39. The number of amidine groups is 1. The predicted molar refractivity (Wildman–Crippen MR) is 94.2 cm³/mol. The molecule has 2 N–H and O–H groups in total. The van der Waals surface area contributed by atoms with Crippen LogP contribution in [0.5, 0.6) is 0 Å². The number of halogens is 5. The molecule has 0 fully saturated rings. The average molecular weight is 376 g/mol. The fourth-order valence-electron chi connectivity index (χ4n) is 2.28. The van der Waals surface area contributed by atoms with Gasteiger partial charge < -0.3 is 5.73 Å². The van der Waals surface area contributed by atoms with Crippen molar-refractivity contribution >= 4 is 42.0 Å². The number of rotatable bonds is 1. The number of hydrogen-bond donors (Lipinski definition) is 1. The van der Waals surface area contributed by atoms with E-state index in [1.54, 1.807) is 24.3 Å². The molecule has 8 heteroatoms. The van der Waals surface area contributed by atoms with Gasteiger partial charge in [-0.2, -0.15) is 13.2 Å². The molecule has 0 bridgehead atoms. The van der Waals surface area contributed by atoms with E-state index >= 15 is 0 Å². The molecule has 0 spiro atoms. The first-order chi connectivity index (χ1) is 10.4. The lowest BCUT2D eigenvalue weighted by atomic mass is 9.98. The van der Waals surface area contributed by atoms with Gasteiger partial charge in [0.05, 0.1) is 23.5 Å². The third-order valence-electron chi connectivity index (χ3n) is 3.29. The van der Waals surface area contributed by atoms with Crippen molar-refractivity contribution in [3.63, 3.8) is 0 Å². The van der Waals surface area contributed by atoms with Crippen molar-refractivity contribution in [2.75, 3.05) is 6.54 Å². The number of nitrogens with zero attached hydrogens (tertiary/aromatic N) is 2. The van der Waals surface area contributed by atoms with Crippen LogP contribution in [0.15, 0.2) is 58.5 Å². The lowest BCUT2D eigenvalue weighted by Gasteiger charge is -2.12. The smallest absolute Gasteiger partial charge is 0.386 e. The van der Waals surface area contributed by atoms with Crippen LogP contribution in [0.2, 0.25) is 0 Å². The van der Waals surface area contributed by atoms with E-state index in [1.165, 1.54) is 6.07 Å². The van der Waals surface area contributed by atoms with E-state index in [2.05, 4.69) is 9.98 Å². The van der Waals surface area contributed by atoms with Crippen molar-refractivity contribution < 1.29 is 13.2 Å². The monoisotopic (exact) mass is 375 g/mol. The molecule has 1 aliphatic heterocycles. The highest BCUT2D eigenvalue weighted by atomic mass is 35.5. The van der Waals surface area contributed by atoms with Crippen molar-refractivity contribution in [1.82, 2.24) is 0 Å². The molecule has 3 nitrogen and oxygen atoms in total. The lowest BCUT2D eigenvalue weighted by Crippen LogP contribution is -2.14. The maximum Gasteiger partial charge on any atom is 0.416 e. The van der Waals surface area contributed by atoms with E-state index in [0.717, 1.165) is 17.7 Å². The summed E-state index contributed by atoms with van der Waals surface area (Å²) in [7, 11) is 0. The van der Waals surface area contributed by atoms with Gasteiger partial charge in [0.25, 0.3) is 0 Å². The minimum Gasteiger partial charge on any atom is -0.386 e. The van der Waals surface area contributed by atoms with Crippen LogP contribution in [0, 0.1) is 0 Å². The Balaban J connectivity index is 0.00000144. The minimum absolute atomic E-state index is 0. The zero-order valence-corrected chi connectivity index (χ0v) is 13.9. The van der Waals surface area contributed by atoms with Crippen LogP contribution in [-0.4, -0.2) is 18.1 Å². The summed E-state index contributed by atoms with van der Waals surface area (Å²) in [6.07, 6.45) is -4.42. The van der Waals surface area contributed by atoms with Crippen LogP contribution in [0.25, 0.3) is 0 Å². The Labute approximate surface area is 149 Å². The topological polar surface area (TPSA) is 50.7 Å². The molecule has 0 radical (unpaired) electrons. The first-order valence-corrected chi connectivity index (χ1v) is 6.59. The molecule has 0 atom stereocenters. The summed E-state index contributed by atoms with van der Waals surface area (Å²) in [6.45, 7) is 0.153. The number of hydrogen-bond acceptors (Lipinski definition) is 3. The largest absolute Gasteiger partial charge is 0.416 e. The van der Waals surface area contributed by atoms with Crippen molar-refractivity contribution in [2.24, 2.45) is 15.7 Å². The summed E-state index contributed by atoms with van der Waals surface area (Å²) in [4.78, 5) is 8.48. The molecule has 2 aromatic carbocycles. The van der Waals surface area contributed by atoms with Crippen molar-refractivity contribution in [3.05, 3.63) is 65.2 Å². The van der Waals surface area contributed by atoms with Crippen LogP contribution >= 0.6 is 24.8 Å². The summed E-state index contributed by atoms with van der Waals surface area (Å²) < 4.78 is 38.9. The number of benzene rings is 2. The van der Waals surface area contributed by atoms with Gasteiger partial charge in [-0.15, -0.1) is 24.8 Å². The van der Waals surface area contributed by atoms with Crippen molar-refractivity contribution in [3.8, 4) is 0 Å². The molecule has 128 valence electrons. The Hall–Kier alpha value is -2.05. The normalized spacial score (nSPS) is 13.5. The molecule has 0 amide bonds. The van der Waals surface area contributed by atoms with Gasteiger partial charge >= 0.3 is 6.18 Å². The molecule has 0 aliphatic carbocycles. The summed E-state index contributed by atoms with van der Waals surface area (Å²) in [5, 5.41) is 0. The van der Waals surface area contributed by atoms with Crippen molar-refractivity contribution in [2.45, 2.75) is 6.18 Å². The van der Waals surface area contributed by atoms with E-state index in [1.807, 2.05) is 6.07 Å². The van der Waals surface area contributed by atoms with E-state index in [-0.39, 0.29) is 37.2 Å². The zero-order valence-electron chi connectivity index (χ0n) is 12.2.